The van der Waals surface area contributed by atoms with Crippen LogP contribution in [0.25, 0.3) is 10.1 Å². The summed E-state index contributed by atoms with van der Waals surface area (Å²) in [5.74, 6) is 1.21. The average Bonchev–Trinajstić information content (AvgIpc) is 3.25. The monoisotopic (exact) mass is 452 g/mol. The predicted molar refractivity (Wildman–Crippen MR) is 120 cm³/mol. The fourth-order valence-electron chi connectivity index (χ4n) is 3.55. The number of aromatic nitrogens is 1. The Morgan fingerprint density at radius 1 is 1.00 bits per heavy atom. The Hall–Kier alpha value is -2.78. The molecule has 0 bridgehead atoms. The number of thiophene rings is 1. The minimum Gasteiger partial charge on any atom is -0.457 e. The number of fused-ring (bicyclic) bond motifs is 1. The minimum absolute atomic E-state index is 0.242. The van der Waals surface area contributed by atoms with Crippen molar-refractivity contribution >= 4 is 31.4 Å². The molecule has 158 valence electrons. The van der Waals surface area contributed by atoms with Crippen molar-refractivity contribution in [3.63, 3.8) is 0 Å². The number of sulfonamides is 1. The van der Waals surface area contributed by atoms with Gasteiger partial charge in [0, 0.05) is 35.1 Å². The van der Waals surface area contributed by atoms with Crippen LogP contribution in [0.3, 0.4) is 0 Å². The standard InChI is InChI=1S/C23H20N2O4S2/c26-31(27,20-7-5-18(6-8-20)29-19-9-11-24-12-10-19)25-13-14-28-21(16-25)23-15-17-3-1-2-4-22(17)30-23/h1-12,15,21H,13-14,16H2. The smallest absolute Gasteiger partial charge is 0.243 e. The molecule has 0 amide bonds. The summed E-state index contributed by atoms with van der Waals surface area (Å²) in [6.45, 7) is 0.991. The summed E-state index contributed by atoms with van der Waals surface area (Å²) in [6.07, 6.45) is 3.01. The van der Waals surface area contributed by atoms with E-state index in [9.17, 15) is 8.42 Å². The van der Waals surface area contributed by atoms with E-state index in [0.29, 0.717) is 31.2 Å². The topological polar surface area (TPSA) is 68.7 Å². The van der Waals surface area contributed by atoms with Crippen LogP contribution in [-0.2, 0) is 14.8 Å². The van der Waals surface area contributed by atoms with Crippen molar-refractivity contribution < 1.29 is 17.9 Å². The zero-order valence-corrected chi connectivity index (χ0v) is 18.2. The van der Waals surface area contributed by atoms with E-state index in [1.165, 1.54) is 9.01 Å². The fourth-order valence-corrected chi connectivity index (χ4v) is 6.08. The maximum absolute atomic E-state index is 13.2. The molecule has 0 spiro atoms. The van der Waals surface area contributed by atoms with Crippen molar-refractivity contribution in [2.24, 2.45) is 0 Å². The number of ether oxygens (including phenoxy) is 2. The van der Waals surface area contributed by atoms with Crippen molar-refractivity contribution in [1.82, 2.24) is 9.29 Å². The molecule has 0 aliphatic carbocycles. The van der Waals surface area contributed by atoms with Gasteiger partial charge in [0.1, 0.15) is 17.6 Å². The van der Waals surface area contributed by atoms with Crippen LogP contribution in [0.1, 0.15) is 11.0 Å². The number of hydrogen-bond donors (Lipinski definition) is 0. The summed E-state index contributed by atoms with van der Waals surface area (Å²) >= 11 is 1.65. The van der Waals surface area contributed by atoms with E-state index >= 15 is 0 Å². The van der Waals surface area contributed by atoms with Gasteiger partial charge in [0.2, 0.25) is 10.0 Å². The second-order valence-electron chi connectivity index (χ2n) is 7.17. The van der Waals surface area contributed by atoms with Crippen LogP contribution in [0.2, 0.25) is 0 Å². The molecule has 6 nitrogen and oxygen atoms in total. The minimum atomic E-state index is -3.63. The van der Waals surface area contributed by atoms with Crippen LogP contribution in [0.5, 0.6) is 11.5 Å². The first kappa shape index (κ1) is 20.1. The highest BCUT2D eigenvalue weighted by Gasteiger charge is 2.32. The van der Waals surface area contributed by atoms with Gasteiger partial charge in [-0.25, -0.2) is 8.42 Å². The third kappa shape index (κ3) is 4.20. The summed E-state index contributed by atoms with van der Waals surface area (Å²) in [4.78, 5) is 5.24. The zero-order chi connectivity index (χ0) is 21.3. The Balaban J connectivity index is 1.33. The number of hydrogen-bond acceptors (Lipinski definition) is 6. The first-order chi connectivity index (χ1) is 15.1. The molecule has 1 aliphatic rings. The molecule has 3 heterocycles. The molecule has 1 unspecified atom stereocenters. The summed E-state index contributed by atoms with van der Waals surface area (Å²) < 4.78 is 40.8. The van der Waals surface area contributed by atoms with Crippen molar-refractivity contribution in [3.05, 3.63) is 84.0 Å². The van der Waals surface area contributed by atoms with Crippen LogP contribution in [0.15, 0.2) is 84.0 Å². The lowest BCUT2D eigenvalue weighted by Gasteiger charge is -2.31. The number of nitrogens with zero attached hydrogens (tertiary/aromatic N) is 2. The summed E-state index contributed by atoms with van der Waals surface area (Å²) in [5, 5.41) is 1.15. The molecule has 1 fully saturated rings. The van der Waals surface area contributed by atoms with E-state index in [0.717, 1.165) is 10.3 Å². The molecule has 8 heteroatoms. The molecular formula is C23H20N2O4S2. The van der Waals surface area contributed by atoms with E-state index in [1.807, 2.05) is 12.1 Å². The predicted octanol–water partition coefficient (Wildman–Crippen LogP) is 4.85. The Labute approximate surface area is 184 Å². The van der Waals surface area contributed by atoms with Crippen LogP contribution in [0, 0.1) is 0 Å². The second kappa shape index (κ2) is 8.39. The highest BCUT2D eigenvalue weighted by Crippen LogP contribution is 2.34. The van der Waals surface area contributed by atoms with Gasteiger partial charge in [0.25, 0.3) is 0 Å². The normalized spacial score (nSPS) is 17.6. The highest BCUT2D eigenvalue weighted by atomic mass is 32.2. The van der Waals surface area contributed by atoms with Gasteiger partial charge in [0.15, 0.2) is 0 Å². The maximum Gasteiger partial charge on any atom is 0.243 e. The Kier molecular flexibility index (Phi) is 5.45. The van der Waals surface area contributed by atoms with E-state index in [1.54, 1.807) is 60.1 Å². The molecule has 5 rings (SSSR count). The first-order valence-electron chi connectivity index (χ1n) is 9.88. The third-order valence-corrected chi connectivity index (χ3v) is 8.23. The van der Waals surface area contributed by atoms with Crippen LogP contribution >= 0.6 is 11.3 Å². The lowest BCUT2D eigenvalue weighted by atomic mass is 10.2. The van der Waals surface area contributed by atoms with Gasteiger partial charge in [-0.1, -0.05) is 18.2 Å². The van der Waals surface area contributed by atoms with Gasteiger partial charge in [0.05, 0.1) is 11.5 Å². The third-order valence-electron chi connectivity index (χ3n) is 5.14. The van der Waals surface area contributed by atoms with Gasteiger partial charge in [-0.05, 0) is 53.9 Å². The molecule has 1 saturated heterocycles. The molecule has 4 aromatic rings. The van der Waals surface area contributed by atoms with Crippen molar-refractivity contribution in [3.8, 4) is 11.5 Å². The maximum atomic E-state index is 13.2. The van der Waals surface area contributed by atoms with Gasteiger partial charge in [-0.15, -0.1) is 11.3 Å². The average molecular weight is 453 g/mol. The van der Waals surface area contributed by atoms with Crippen molar-refractivity contribution in [2.75, 3.05) is 19.7 Å². The molecule has 0 radical (unpaired) electrons. The molecule has 2 aromatic carbocycles. The number of rotatable bonds is 5. The summed E-state index contributed by atoms with van der Waals surface area (Å²) in [6, 6.07) is 20.2. The van der Waals surface area contributed by atoms with E-state index in [2.05, 4.69) is 23.2 Å². The largest absolute Gasteiger partial charge is 0.457 e. The Morgan fingerprint density at radius 2 is 1.74 bits per heavy atom. The lowest BCUT2D eigenvalue weighted by molar-refractivity contribution is -0.000465. The van der Waals surface area contributed by atoms with Crippen LogP contribution < -0.4 is 4.74 Å². The number of morpholine rings is 1. The SMILES string of the molecule is O=S(=O)(c1ccc(Oc2ccncc2)cc1)N1CCOC(c2cc3ccccc3s2)C1. The van der Waals surface area contributed by atoms with Crippen molar-refractivity contribution in [1.29, 1.82) is 0 Å². The number of pyridine rings is 1. The fraction of sp³-hybridized carbons (Fsp3) is 0.174. The van der Waals surface area contributed by atoms with Gasteiger partial charge in [-0.3, -0.25) is 4.98 Å². The van der Waals surface area contributed by atoms with Crippen LogP contribution in [-0.4, -0.2) is 37.4 Å². The second-order valence-corrected chi connectivity index (χ2v) is 10.2. The first-order valence-corrected chi connectivity index (χ1v) is 12.1. The van der Waals surface area contributed by atoms with Gasteiger partial charge >= 0.3 is 0 Å². The highest BCUT2D eigenvalue weighted by molar-refractivity contribution is 7.89. The molecular weight excluding hydrogens is 432 g/mol. The molecule has 1 aliphatic heterocycles. The van der Waals surface area contributed by atoms with Gasteiger partial charge in [-0.2, -0.15) is 4.31 Å². The molecule has 31 heavy (non-hydrogen) atoms. The lowest BCUT2D eigenvalue weighted by Crippen LogP contribution is -2.42. The molecule has 2 aromatic heterocycles. The van der Waals surface area contributed by atoms with E-state index < -0.39 is 10.0 Å². The Bertz CT molecular complexity index is 1260. The zero-order valence-electron chi connectivity index (χ0n) is 16.5. The molecule has 0 saturated carbocycles. The quantitative estimate of drug-likeness (QED) is 0.433. The van der Waals surface area contributed by atoms with E-state index in [-0.39, 0.29) is 11.0 Å². The van der Waals surface area contributed by atoms with E-state index in [4.69, 9.17) is 9.47 Å². The van der Waals surface area contributed by atoms with Gasteiger partial charge < -0.3 is 9.47 Å². The van der Waals surface area contributed by atoms with Crippen molar-refractivity contribution in [2.45, 2.75) is 11.0 Å². The summed E-state index contributed by atoms with van der Waals surface area (Å²) in [7, 11) is -3.63. The molecule has 0 N–H and O–H groups in total. The molecule has 1 atom stereocenters. The summed E-state index contributed by atoms with van der Waals surface area (Å²) in [5.41, 5.74) is 0. The Morgan fingerprint density at radius 3 is 2.52 bits per heavy atom. The number of benzene rings is 2. The van der Waals surface area contributed by atoms with Crippen LogP contribution in [0.4, 0.5) is 0 Å².